The Hall–Kier alpha value is -6.59. The van der Waals surface area contributed by atoms with Crippen molar-refractivity contribution in [3.8, 4) is 78.9 Å². The largest absolute Gasteiger partial charge is 0.264 e. The Kier molecular flexibility index (Phi) is 8.40. The molecule has 5 heteroatoms. The van der Waals surface area contributed by atoms with Crippen LogP contribution >= 0.6 is 0 Å². The highest BCUT2D eigenvalue weighted by Gasteiger charge is 2.45. The van der Waals surface area contributed by atoms with Gasteiger partial charge >= 0.3 is 0 Å². The topological polar surface area (TPSA) is 64.5 Å². The molecule has 8 aromatic rings. The third kappa shape index (κ3) is 6.52. The maximum absolute atomic E-state index is 5.11. The minimum atomic E-state index is 0.383. The van der Waals surface area contributed by atoms with Gasteiger partial charge in [-0.15, -0.1) is 0 Å². The van der Waals surface area contributed by atoms with Crippen LogP contribution in [0.1, 0.15) is 37.7 Å². The number of pyridine rings is 1. The van der Waals surface area contributed by atoms with Gasteiger partial charge in [0.2, 0.25) is 0 Å². The van der Waals surface area contributed by atoms with Crippen LogP contribution in [0.4, 0.5) is 0 Å². The predicted octanol–water partition coefficient (Wildman–Crippen LogP) is 12.2. The molecular weight excluding hydrogens is 671 g/mol. The molecule has 0 amide bonds. The minimum absolute atomic E-state index is 0.383. The molecule has 2 fully saturated rings. The minimum Gasteiger partial charge on any atom is -0.264 e. The van der Waals surface area contributed by atoms with Gasteiger partial charge in [0.05, 0.1) is 22.8 Å². The van der Waals surface area contributed by atoms with Crippen molar-refractivity contribution in [2.45, 2.75) is 37.5 Å². The lowest BCUT2D eigenvalue weighted by Crippen LogP contribution is -2.19. The van der Waals surface area contributed by atoms with E-state index in [0.717, 1.165) is 79.0 Å². The maximum atomic E-state index is 5.11. The van der Waals surface area contributed by atoms with Crippen LogP contribution in [-0.2, 0) is 5.41 Å². The van der Waals surface area contributed by atoms with Crippen molar-refractivity contribution < 1.29 is 0 Å². The van der Waals surface area contributed by atoms with E-state index in [4.69, 9.17) is 19.9 Å². The van der Waals surface area contributed by atoms with Crippen LogP contribution in [0, 0.1) is 5.92 Å². The first kappa shape index (κ1) is 33.0. The van der Waals surface area contributed by atoms with Crippen LogP contribution in [0.5, 0.6) is 0 Å². The zero-order valence-electron chi connectivity index (χ0n) is 30.5. The molecule has 2 aliphatic rings. The van der Waals surface area contributed by atoms with Gasteiger partial charge in [-0.3, -0.25) is 4.98 Å². The van der Waals surface area contributed by atoms with Gasteiger partial charge in [-0.1, -0.05) is 140 Å². The van der Waals surface area contributed by atoms with Gasteiger partial charge in [0.1, 0.15) is 0 Å². The summed E-state index contributed by atoms with van der Waals surface area (Å²) in [6, 6.07) is 55.0. The van der Waals surface area contributed by atoms with Gasteiger partial charge in [-0.25, -0.2) is 19.9 Å². The van der Waals surface area contributed by atoms with Gasteiger partial charge in [-0.2, -0.15) is 0 Å². The Labute approximate surface area is 321 Å². The molecule has 5 nitrogen and oxygen atoms in total. The second-order valence-corrected chi connectivity index (χ2v) is 15.1. The summed E-state index contributed by atoms with van der Waals surface area (Å²) < 4.78 is 0. The van der Waals surface area contributed by atoms with E-state index in [0.29, 0.717) is 11.2 Å². The number of hydrogen-bond acceptors (Lipinski definition) is 5. The Balaban J connectivity index is 1.01. The zero-order chi connectivity index (χ0) is 36.6. The first-order chi connectivity index (χ1) is 27.2. The fraction of sp³-hybridized carbons (Fsp3) is 0.140. The maximum Gasteiger partial charge on any atom is 0.160 e. The van der Waals surface area contributed by atoms with Crippen molar-refractivity contribution in [3.63, 3.8) is 0 Å². The number of benzene rings is 5. The number of rotatable bonds is 8. The highest BCUT2D eigenvalue weighted by Crippen LogP contribution is 2.55. The summed E-state index contributed by atoms with van der Waals surface area (Å²) in [5, 5.41) is 0. The molecular formula is C50H39N5. The first-order valence-electron chi connectivity index (χ1n) is 19.3. The molecule has 2 saturated carbocycles. The summed E-state index contributed by atoms with van der Waals surface area (Å²) in [5.74, 6) is 2.32. The van der Waals surface area contributed by atoms with Gasteiger partial charge in [0.25, 0.3) is 0 Å². The summed E-state index contributed by atoms with van der Waals surface area (Å²) in [6.07, 6.45) is 10.4. The quantitative estimate of drug-likeness (QED) is 0.157. The van der Waals surface area contributed by atoms with Gasteiger partial charge < -0.3 is 0 Å². The fourth-order valence-corrected chi connectivity index (χ4v) is 8.69. The smallest absolute Gasteiger partial charge is 0.160 e. The van der Waals surface area contributed by atoms with E-state index < -0.39 is 0 Å². The second-order valence-electron chi connectivity index (χ2n) is 15.1. The Morgan fingerprint density at radius 3 is 1.29 bits per heavy atom. The van der Waals surface area contributed by atoms with Crippen LogP contribution in [0.15, 0.2) is 170 Å². The summed E-state index contributed by atoms with van der Waals surface area (Å²) in [5.41, 5.74) is 13.7. The van der Waals surface area contributed by atoms with E-state index in [1.54, 1.807) is 6.20 Å². The molecule has 264 valence electrons. The Morgan fingerprint density at radius 1 is 0.400 bits per heavy atom. The predicted molar refractivity (Wildman–Crippen MR) is 222 cm³/mol. The number of fused-ring (bicyclic) bond motifs is 2. The van der Waals surface area contributed by atoms with Crippen molar-refractivity contribution >= 4 is 0 Å². The van der Waals surface area contributed by atoms with Crippen LogP contribution in [-0.4, -0.2) is 24.9 Å². The van der Waals surface area contributed by atoms with Gasteiger partial charge in [0.15, 0.2) is 11.6 Å². The van der Waals surface area contributed by atoms with Crippen molar-refractivity contribution in [1.82, 2.24) is 24.9 Å². The summed E-state index contributed by atoms with van der Waals surface area (Å²) in [4.78, 5) is 24.7. The van der Waals surface area contributed by atoms with E-state index in [9.17, 15) is 0 Å². The van der Waals surface area contributed by atoms with Crippen LogP contribution in [0.2, 0.25) is 0 Å². The molecule has 5 aromatic carbocycles. The molecule has 0 atom stereocenters. The van der Waals surface area contributed by atoms with E-state index in [-0.39, 0.29) is 0 Å². The van der Waals surface area contributed by atoms with Crippen LogP contribution < -0.4 is 0 Å². The Morgan fingerprint density at radius 2 is 0.818 bits per heavy atom. The molecule has 10 rings (SSSR count). The molecule has 3 aromatic heterocycles. The fourth-order valence-electron chi connectivity index (χ4n) is 8.69. The monoisotopic (exact) mass is 709 g/mol. The van der Waals surface area contributed by atoms with E-state index in [1.165, 1.54) is 37.7 Å². The van der Waals surface area contributed by atoms with Crippen LogP contribution in [0.25, 0.3) is 78.9 Å². The molecule has 0 unspecified atom stereocenters. The van der Waals surface area contributed by atoms with Crippen molar-refractivity contribution in [2.24, 2.45) is 5.92 Å². The molecule has 0 radical (unpaired) electrons. The third-order valence-electron chi connectivity index (χ3n) is 11.7. The molecule has 0 spiro atoms. The molecule has 55 heavy (non-hydrogen) atoms. The standard InChI is InChI=1S/C50H39N5/c1-3-8-36(9-4-1)44-30-45(55-49(52-44)41-19-13-35(14-20-41)42-12-7-29-51-33-42)37-15-17-38(18-16-37)46-31-47(54-48(53-46)40-10-5-2-6-11-40)39-21-23-43(24-22-39)50-27-25-34(32-50)26-28-50/h1-24,29-31,33-34H,25-28,32H2. The lowest BCUT2D eigenvalue weighted by Gasteiger charge is -2.27. The number of aromatic nitrogens is 5. The van der Waals surface area contributed by atoms with E-state index in [1.807, 2.05) is 48.7 Å². The number of nitrogens with zero attached hydrogens (tertiary/aromatic N) is 5. The number of hydrogen-bond donors (Lipinski definition) is 0. The first-order valence-corrected chi connectivity index (χ1v) is 19.3. The molecule has 0 aliphatic heterocycles. The third-order valence-corrected chi connectivity index (χ3v) is 11.7. The molecule has 3 heterocycles. The average Bonchev–Trinajstić information content (AvgIpc) is 3.91. The normalized spacial score (nSPS) is 17.3. The Bertz CT molecular complexity index is 2580. The molecule has 0 N–H and O–H groups in total. The van der Waals surface area contributed by atoms with Crippen LogP contribution in [0.3, 0.4) is 0 Å². The lowest BCUT2D eigenvalue weighted by atomic mass is 9.77. The highest BCUT2D eigenvalue weighted by atomic mass is 14.9. The summed E-state index contributed by atoms with van der Waals surface area (Å²) in [7, 11) is 0. The lowest BCUT2D eigenvalue weighted by molar-refractivity contribution is 0.419. The van der Waals surface area contributed by atoms with Crippen molar-refractivity contribution in [2.75, 3.05) is 0 Å². The second kappa shape index (κ2) is 14.0. The van der Waals surface area contributed by atoms with Crippen molar-refractivity contribution in [3.05, 3.63) is 176 Å². The SMILES string of the molecule is c1ccc(-c2cc(-c3ccc(-c4cc(-c5ccc(C67CCC(CC6)C7)cc5)nc(-c5ccccc5)n4)cc3)nc(-c3ccc(-c4cccnc4)cc3)n2)cc1. The molecule has 2 bridgehead atoms. The summed E-state index contributed by atoms with van der Waals surface area (Å²) >= 11 is 0. The molecule has 0 saturated heterocycles. The van der Waals surface area contributed by atoms with Gasteiger partial charge in [0, 0.05) is 45.8 Å². The van der Waals surface area contributed by atoms with E-state index in [2.05, 4.69) is 120 Å². The van der Waals surface area contributed by atoms with Gasteiger partial charge in [-0.05, 0) is 78.3 Å². The van der Waals surface area contributed by atoms with E-state index >= 15 is 0 Å². The average molecular weight is 710 g/mol. The van der Waals surface area contributed by atoms with Crippen molar-refractivity contribution in [1.29, 1.82) is 0 Å². The zero-order valence-corrected chi connectivity index (χ0v) is 30.5. The highest BCUT2D eigenvalue weighted by molar-refractivity contribution is 5.76. The molecule has 2 aliphatic carbocycles. The summed E-state index contributed by atoms with van der Waals surface area (Å²) in [6.45, 7) is 0.